The van der Waals surface area contributed by atoms with Crippen molar-refractivity contribution in [2.45, 2.75) is 19.9 Å². The standard InChI is InChI=1S/C18H19N3O2S/c1-2-3-4-8-11-16(22)21-18-20-13-15(24-18)17(23)19-12-14-9-6-5-7-10-14/h2-10,13H,11-12H2,1H3,(H,19,23)(H,20,21,22)/b3-2-,8-4-. The van der Waals surface area contributed by atoms with Crippen molar-refractivity contribution < 1.29 is 9.59 Å². The van der Waals surface area contributed by atoms with Crippen molar-refractivity contribution in [3.05, 3.63) is 71.3 Å². The predicted molar refractivity (Wildman–Crippen MR) is 96.9 cm³/mol. The van der Waals surface area contributed by atoms with E-state index in [9.17, 15) is 9.59 Å². The summed E-state index contributed by atoms with van der Waals surface area (Å²) in [5, 5.41) is 5.93. The molecule has 2 amide bonds. The lowest BCUT2D eigenvalue weighted by Crippen LogP contribution is -2.21. The van der Waals surface area contributed by atoms with E-state index in [1.165, 1.54) is 6.20 Å². The van der Waals surface area contributed by atoms with E-state index in [1.807, 2.05) is 55.5 Å². The molecule has 1 heterocycles. The first kappa shape index (κ1) is 17.6. The Hall–Kier alpha value is -2.73. The van der Waals surface area contributed by atoms with Gasteiger partial charge in [-0.1, -0.05) is 66.0 Å². The third-order valence-corrected chi connectivity index (χ3v) is 3.93. The Bertz CT molecular complexity index is 736. The van der Waals surface area contributed by atoms with Crippen molar-refractivity contribution >= 4 is 28.3 Å². The second-order valence-electron chi connectivity index (χ2n) is 4.90. The third-order valence-electron chi connectivity index (χ3n) is 3.01. The number of allylic oxidation sites excluding steroid dienone is 3. The Morgan fingerprint density at radius 1 is 1.21 bits per heavy atom. The summed E-state index contributed by atoms with van der Waals surface area (Å²) >= 11 is 1.15. The smallest absolute Gasteiger partial charge is 0.263 e. The Morgan fingerprint density at radius 3 is 2.75 bits per heavy atom. The summed E-state index contributed by atoms with van der Waals surface area (Å²) in [6.07, 6.45) is 9.04. The molecule has 0 atom stereocenters. The van der Waals surface area contributed by atoms with Crippen LogP contribution in [0.15, 0.2) is 60.8 Å². The van der Waals surface area contributed by atoms with Crippen LogP contribution in [0.4, 0.5) is 5.13 Å². The maximum Gasteiger partial charge on any atom is 0.263 e. The lowest BCUT2D eigenvalue weighted by atomic mass is 10.2. The lowest BCUT2D eigenvalue weighted by Gasteiger charge is -2.02. The molecule has 0 aliphatic carbocycles. The van der Waals surface area contributed by atoms with E-state index >= 15 is 0 Å². The van der Waals surface area contributed by atoms with E-state index < -0.39 is 0 Å². The number of amides is 2. The summed E-state index contributed by atoms with van der Waals surface area (Å²) in [4.78, 5) is 28.4. The van der Waals surface area contributed by atoms with Gasteiger partial charge in [0.05, 0.1) is 6.20 Å². The van der Waals surface area contributed by atoms with Crippen LogP contribution < -0.4 is 10.6 Å². The summed E-state index contributed by atoms with van der Waals surface area (Å²) in [5.74, 6) is -0.369. The highest BCUT2D eigenvalue weighted by atomic mass is 32.1. The maximum absolute atomic E-state index is 12.1. The fraction of sp³-hybridized carbons (Fsp3) is 0.167. The second-order valence-corrected chi connectivity index (χ2v) is 5.93. The van der Waals surface area contributed by atoms with Crippen molar-refractivity contribution in [2.24, 2.45) is 0 Å². The molecule has 0 aliphatic heterocycles. The van der Waals surface area contributed by atoms with Crippen molar-refractivity contribution in [1.29, 1.82) is 0 Å². The third kappa shape index (κ3) is 5.81. The van der Waals surface area contributed by atoms with Crippen LogP contribution >= 0.6 is 11.3 Å². The summed E-state index contributed by atoms with van der Waals surface area (Å²) in [6, 6.07) is 9.66. The van der Waals surface area contributed by atoms with Gasteiger partial charge in [-0.25, -0.2) is 4.98 Å². The number of thiazole rings is 1. The number of benzene rings is 1. The Morgan fingerprint density at radius 2 is 2.00 bits per heavy atom. The molecule has 2 rings (SSSR count). The van der Waals surface area contributed by atoms with Gasteiger partial charge >= 0.3 is 0 Å². The highest BCUT2D eigenvalue weighted by Gasteiger charge is 2.11. The van der Waals surface area contributed by atoms with Gasteiger partial charge in [0.1, 0.15) is 4.88 Å². The first-order valence-corrected chi connectivity index (χ1v) is 8.36. The molecular formula is C18H19N3O2S. The quantitative estimate of drug-likeness (QED) is 0.757. The van der Waals surface area contributed by atoms with Crippen LogP contribution in [0.1, 0.15) is 28.6 Å². The van der Waals surface area contributed by atoms with Crippen molar-refractivity contribution in [1.82, 2.24) is 10.3 Å². The highest BCUT2D eigenvalue weighted by Crippen LogP contribution is 2.18. The predicted octanol–water partition coefficient (Wildman–Crippen LogP) is 3.53. The van der Waals surface area contributed by atoms with Crippen LogP contribution in [0.3, 0.4) is 0 Å². The first-order valence-electron chi connectivity index (χ1n) is 7.54. The van der Waals surface area contributed by atoms with Gasteiger partial charge in [0.15, 0.2) is 5.13 Å². The molecule has 24 heavy (non-hydrogen) atoms. The summed E-state index contributed by atoms with van der Waals surface area (Å²) in [7, 11) is 0. The summed E-state index contributed by atoms with van der Waals surface area (Å²) in [5.41, 5.74) is 1.02. The average molecular weight is 341 g/mol. The SMILES string of the molecule is C/C=C\C=C/CC(=O)Nc1ncc(C(=O)NCc2ccccc2)s1. The first-order chi connectivity index (χ1) is 11.7. The fourth-order valence-electron chi connectivity index (χ4n) is 1.84. The molecule has 2 N–H and O–H groups in total. The monoisotopic (exact) mass is 341 g/mol. The number of nitrogens with zero attached hydrogens (tertiary/aromatic N) is 1. The zero-order valence-corrected chi connectivity index (χ0v) is 14.2. The Balaban J connectivity index is 1.83. The molecule has 2 aromatic rings. The van der Waals surface area contributed by atoms with Gasteiger partial charge in [0.2, 0.25) is 5.91 Å². The average Bonchev–Trinajstić information content (AvgIpc) is 3.06. The van der Waals surface area contributed by atoms with E-state index in [0.717, 1.165) is 16.9 Å². The molecule has 0 saturated heterocycles. The van der Waals surface area contributed by atoms with Gasteiger partial charge in [0.25, 0.3) is 5.91 Å². The number of hydrogen-bond donors (Lipinski definition) is 2. The minimum absolute atomic E-state index is 0.165. The zero-order chi connectivity index (χ0) is 17.2. The van der Waals surface area contributed by atoms with Crippen LogP contribution in [0.25, 0.3) is 0 Å². The normalized spacial score (nSPS) is 11.0. The molecule has 0 bridgehead atoms. The number of hydrogen-bond acceptors (Lipinski definition) is 4. The zero-order valence-electron chi connectivity index (χ0n) is 13.4. The number of aromatic nitrogens is 1. The topological polar surface area (TPSA) is 71.1 Å². The lowest BCUT2D eigenvalue weighted by molar-refractivity contribution is -0.115. The van der Waals surface area contributed by atoms with E-state index in [4.69, 9.17) is 0 Å². The van der Waals surface area contributed by atoms with Crippen LogP contribution in [0.2, 0.25) is 0 Å². The molecule has 0 spiro atoms. The van der Waals surface area contributed by atoms with E-state index in [0.29, 0.717) is 16.6 Å². The molecule has 6 heteroatoms. The number of anilines is 1. The van der Waals surface area contributed by atoms with Gasteiger partial charge in [0, 0.05) is 13.0 Å². The van der Waals surface area contributed by atoms with Crippen molar-refractivity contribution in [3.63, 3.8) is 0 Å². The van der Waals surface area contributed by atoms with Crippen molar-refractivity contribution in [3.8, 4) is 0 Å². The van der Waals surface area contributed by atoms with E-state index in [2.05, 4.69) is 15.6 Å². The molecule has 0 radical (unpaired) electrons. The largest absolute Gasteiger partial charge is 0.347 e. The van der Waals surface area contributed by atoms with Crippen LogP contribution in [-0.2, 0) is 11.3 Å². The van der Waals surface area contributed by atoms with E-state index in [1.54, 1.807) is 6.08 Å². The van der Waals surface area contributed by atoms with Gasteiger partial charge in [-0.05, 0) is 12.5 Å². The van der Waals surface area contributed by atoms with Crippen LogP contribution in [0, 0.1) is 0 Å². The van der Waals surface area contributed by atoms with Crippen molar-refractivity contribution in [2.75, 3.05) is 5.32 Å². The summed E-state index contributed by atoms with van der Waals surface area (Å²) < 4.78 is 0. The van der Waals surface area contributed by atoms with Crippen LogP contribution in [-0.4, -0.2) is 16.8 Å². The minimum atomic E-state index is -0.204. The van der Waals surface area contributed by atoms with E-state index in [-0.39, 0.29) is 18.2 Å². The van der Waals surface area contributed by atoms with Crippen LogP contribution in [0.5, 0.6) is 0 Å². The molecule has 1 aromatic heterocycles. The molecule has 124 valence electrons. The highest BCUT2D eigenvalue weighted by molar-refractivity contribution is 7.17. The number of nitrogens with one attached hydrogen (secondary N) is 2. The minimum Gasteiger partial charge on any atom is -0.347 e. The molecule has 0 unspecified atom stereocenters. The number of rotatable bonds is 7. The Labute approximate surface area is 145 Å². The fourth-order valence-corrected chi connectivity index (χ4v) is 2.59. The molecular weight excluding hydrogens is 322 g/mol. The van der Waals surface area contributed by atoms with Gasteiger partial charge in [-0.15, -0.1) is 0 Å². The molecule has 0 fully saturated rings. The number of carbonyl (C=O) groups excluding carboxylic acids is 2. The maximum atomic E-state index is 12.1. The molecule has 1 aromatic carbocycles. The second kappa shape index (κ2) is 9.42. The molecule has 0 saturated carbocycles. The number of carbonyl (C=O) groups is 2. The van der Waals surface area contributed by atoms with Gasteiger partial charge in [-0.2, -0.15) is 0 Å². The molecule has 0 aliphatic rings. The molecule has 5 nitrogen and oxygen atoms in total. The summed E-state index contributed by atoms with van der Waals surface area (Å²) in [6.45, 7) is 2.36. The van der Waals surface area contributed by atoms with Gasteiger partial charge < -0.3 is 10.6 Å². The Kier molecular flexibility index (Phi) is 6.91. The van der Waals surface area contributed by atoms with Gasteiger partial charge in [-0.3, -0.25) is 9.59 Å².